The molecule has 0 amide bonds. The second-order valence-electron chi connectivity index (χ2n) is 7.93. The van der Waals surface area contributed by atoms with Crippen LogP contribution in [0.5, 0.6) is 0 Å². The van der Waals surface area contributed by atoms with Crippen LogP contribution in [0.3, 0.4) is 0 Å². The minimum absolute atomic E-state index is 0.211. The van der Waals surface area contributed by atoms with Crippen molar-refractivity contribution < 1.29 is 18.8 Å². The molecular weight excluding hydrogens is 423 g/mol. The summed E-state index contributed by atoms with van der Waals surface area (Å²) in [6, 6.07) is 11.7. The number of fused-ring (bicyclic) bond motifs is 1. The first kappa shape index (κ1) is 25.8. The Labute approximate surface area is 192 Å². The Morgan fingerprint density at radius 3 is 2.36 bits per heavy atom. The monoisotopic (exact) mass is 452 g/mol. The number of carbonyl (C=O) groups is 1. The smallest absolute Gasteiger partial charge is 0.300 e. The number of hydrogen-bond donors (Lipinski definition) is 0. The molecule has 0 N–H and O–H groups in total. The van der Waals surface area contributed by atoms with Crippen LogP contribution >= 0.6 is 0 Å². The fourth-order valence-electron chi connectivity index (χ4n) is 3.69. The molecule has 0 spiro atoms. The van der Waals surface area contributed by atoms with Crippen LogP contribution in [0.4, 0.5) is 4.39 Å². The van der Waals surface area contributed by atoms with Crippen molar-refractivity contribution in [3.8, 4) is 5.69 Å². The van der Waals surface area contributed by atoms with Crippen molar-refractivity contribution in [1.29, 1.82) is 0 Å². The Morgan fingerprint density at radius 1 is 1.03 bits per heavy atom. The molecular formula is C26H29FN2O4. The lowest BCUT2D eigenvalue weighted by Gasteiger charge is -2.14. The van der Waals surface area contributed by atoms with Gasteiger partial charge in [0.1, 0.15) is 17.4 Å². The quantitative estimate of drug-likeness (QED) is 0.399. The van der Waals surface area contributed by atoms with Crippen LogP contribution in [0.1, 0.15) is 63.3 Å². The Balaban J connectivity index is 0.00000122. The number of aryl methyl sites for hydroxylation is 2. The molecule has 3 rings (SSSR count). The van der Waals surface area contributed by atoms with Crippen molar-refractivity contribution in [2.45, 2.75) is 65.2 Å². The summed E-state index contributed by atoms with van der Waals surface area (Å²) in [5.41, 5.74) is 1.58. The minimum atomic E-state index is -0.458. The largest absolute Gasteiger partial charge is 0.373 e. The number of hydrogen-bond acceptors (Lipinski definition) is 5. The lowest BCUT2D eigenvalue weighted by atomic mass is 10.1. The van der Waals surface area contributed by atoms with E-state index in [2.05, 4.69) is 6.92 Å². The van der Waals surface area contributed by atoms with Gasteiger partial charge < -0.3 is 0 Å². The van der Waals surface area contributed by atoms with E-state index in [4.69, 9.17) is 14.6 Å². The number of benzene rings is 2. The molecule has 0 fully saturated rings. The summed E-state index contributed by atoms with van der Waals surface area (Å²) < 4.78 is 15.9. The molecule has 33 heavy (non-hydrogen) atoms. The van der Waals surface area contributed by atoms with Crippen molar-refractivity contribution in [2.24, 2.45) is 0 Å². The summed E-state index contributed by atoms with van der Waals surface area (Å²) in [5.74, 6) is 0.360. The molecule has 0 aliphatic rings. The zero-order chi connectivity index (χ0) is 24.2. The Kier molecular flexibility index (Phi) is 10.3. The molecule has 0 aliphatic carbocycles. The van der Waals surface area contributed by atoms with Gasteiger partial charge in [-0.3, -0.25) is 14.2 Å². The molecule has 3 aromatic rings. The molecule has 1 aromatic heterocycles. The van der Waals surface area contributed by atoms with E-state index < -0.39 is 5.82 Å². The van der Waals surface area contributed by atoms with Gasteiger partial charge >= 0.3 is 6.15 Å². The molecule has 0 unspecified atom stereocenters. The zero-order valence-corrected chi connectivity index (χ0v) is 19.1. The molecule has 0 radical (unpaired) electrons. The van der Waals surface area contributed by atoms with Gasteiger partial charge in [-0.25, -0.2) is 9.37 Å². The van der Waals surface area contributed by atoms with Gasteiger partial charge in [0.25, 0.3) is 5.56 Å². The average molecular weight is 453 g/mol. The fourth-order valence-corrected chi connectivity index (χ4v) is 3.69. The predicted octanol–water partition coefficient (Wildman–Crippen LogP) is 5.11. The molecule has 0 saturated heterocycles. The highest BCUT2D eigenvalue weighted by Gasteiger charge is 2.15. The Hall–Kier alpha value is -3.44. The lowest BCUT2D eigenvalue weighted by molar-refractivity contribution is -0.191. The van der Waals surface area contributed by atoms with Crippen molar-refractivity contribution in [2.75, 3.05) is 0 Å². The van der Waals surface area contributed by atoms with Gasteiger partial charge in [-0.05, 0) is 56.0 Å². The fraction of sp³-hybridized carbons (Fsp3) is 0.385. The maximum atomic E-state index is 14.5. The number of Topliss-reactive ketones (excluding diaryl/α,β-unsaturated/α-hetero) is 1. The van der Waals surface area contributed by atoms with Crippen molar-refractivity contribution in [3.63, 3.8) is 0 Å². The molecule has 0 bridgehead atoms. The number of aromatic nitrogens is 2. The topological polar surface area (TPSA) is 86.1 Å². The Morgan fingerprint density at radius 2 is 1.70 bits per heavy atom. The summed E-state index contributed by atoms with van der Waals surface area (Å²) in [6.07, 6.45) is 6.54. The van der Waals surface area contributed by atoms with Gasteiger partial charge in [-0.2, -0.15) is 9.59 Å². The van der Waals surface area contributed by atoms with Crippen LogP contribution in [0.25, 0.3) is 16.6 Å². The second kappa shape index (κ2) is 13.2. The summed E-state index contributed by atoms with van der Waals surface area (Å²) >= 11 is 0. The van der Waals surface area contributed by atoms with E-state index in [1.165, 1.54) is 10.6 Å². The van der Waals surface area contributed by atoms with Crippen LogP contribution in [0.2, 0.25) is 0 Å². The molecule has 0 aliphatic heterocycles. The van der Waals surface area contributed by atoms with Gasteiger partial charge in [0, 0.05) is 19.3 Å². The van der Waals surface area contributed by atoms with Gasteiger partial charge in [0.15, 0.2) is 0 Å². The van der Waals surface area contributed by atoms with Crippen molar-refractivity contribution in [3.05, 3.63) is 70.0 Å². The maximum Gasteiger partial charge on any atom is 0.373 e. The van der Waals surface area contributed by atoms with E-state index in [9.17, 15) is 14.0 Å². The number of carbonyl (C=O) groups excluding carboxylic acids is 3. The lowest BCUT2D eigenvalue weighted by Crippen LogP contribution is -2.25. The van der Waals surface area contributed by atoms with Crippen LogP contribution in [0.15, 0.2) is 47.3 Å². The van der Waals surface area contributed by atoms with E-state index in [1.54, 1.807) is 24.3 Å². The molecule has 0 saturated carbocycles. The van der Waals surface area contributed by atoms with Gasteiger partial charge in [-0.15, -0.1) is 0 Å². The summed E-state index contributed by atoms with van der Waals surface area (Å²) in [5, 5.41) is 0.471. The van der Waals surface area contributed by atoms with Crippen molar-refractivity contribution in [1.82, 2.24) is 9.55 Å². The first-order valence-electron chi connectivity index (χ1n) is 11.2. The van der Waals surface area contributed by atoms with E-state index in [0.29, 0.717) is 36.0 Å². The third-order valence-electron chi connectivity index (χ3n) is 5.35. The number of unbranched alkanes of at least 4 members (excludes halogenated alkanes) is 3. The predicted molar refractivity (Wildman–Crippen MR) is 124 cm³/mol. The SMILES string of the molecule is CCCCCC(=O)CCCCc1nc2cc(C)ccc2c(=O)n1-c1ccccc1F.O=C=O. The summed E-state index contributed by atoms with van der Waals surface area (Å²) in [7, 11) is 0. The average Bonchev–Trinajstić information content (AvgIpc) is 2.78. The minimum Gasteiger partial charge on any atom is -0.300 e. The van der Waals surface area contributed by atoms with Crippen LogP contribution in [0, 0.1) is 12.7 Å². The zero-order valence-electron chi connectivity index (χ0n) is 19.1. The van der Waals surface area contributed by atoms with Crippen LogP contribution in [-0.4, -0.2) is 21.5 Å². The number of nitrogens with zero attached hydrogens (tertiary/aromatic N) is 2. The van der Waals surface area contributed by atoms with E-state index >= 15 is 0 Å². The van der Waals surface area contributed by atoms with Crippen LogP contribution < -0.4 is 5.56 Å². The highest BCUT2D eigenvalue weighted by Crippen LogP contribution is 2.18. The molecule has 0 atom stereocenters. The normalized spacial score (nSPS) is 10.4. The van der Waals surface area contributed by atoms with Gasteiger partial charge in [0.2, 0.25) is 0 Å². The highest BCUT2D eigenvalue weighted by molar-refractivity contribution is 5.79. The first-order valence-corrected chi connectivity index (χ1v) is 11.2. The maximum absolute atomic E-state index is 14.5. The van der Waals surface area contributed by atoms with Crippen LogP contribution in [-0.2, 0) is 20.8 Å². The highest BCUT2D eigenvalue weighted by atomic mass is 19.1. The van der Waals surface area contributed by atoms with E-state index in [1.807, 2.05) is 19.1 Å². The molecule has 2 aromatic carbocycles. The van der Waals surface area contributed by atoms with Crippen molar-refractivity contribution >= 4 is 22.8 Å². The number of para-hydroxylation sites is 1. The Bertz CT molecular complexity index is 1180. The number of ketones is 1. The summed E-state index contributed by atoms with van der Waals surface area (Å²) in [6.45, 7) is 4.07. The number of rotatable bonds is 10. The third-order valence-corrected chi connectivity index (χ3v) is 5.35. The van der Waals surface area contributed by atoms with E-state index in [0.717, 1.165) is 37.7 Å². The van der Waals surface area contributed by atoms with Gasteiger partial charge in [-0.1, -0.05) is 38.0 Å². The molecule has 174 valence electrons. The molecule has 7 heteroatoms. The second-order valence-corrected chi connectivity index (χ2v) is 7.93. The molecule has 6 nitrogen and oxygen atoms in total. The number of halogens is 1. The third kappa shape index (κ3) is 7.29. The molecule has 1 heterocycles. The van der Waals surface area contributed by atoms with Gasteiger partial charge in [0.05, 0.1) is 16.6 Å². The summed E-state index contributed by atoms with van der Waals surface area (Å²) in [4.78, 5) is 46.2. The standard InChI is InChI=1S/C25H29FN2O2.CO2/c1-3-4-5-10-19(29)11-6-9-14-24-27-22-17-18(2)15-16-20(22)25(30)28(24)23-13-8-7-12-21(23)26;2-1-3/h7-8,12-13,15-17H,3-6,9-11,14H2,1-2H3;. The first-order chi connectivity index (χ1) is 15.9. The van der Waals surface area contributed by atoms with E-state index in [-0.39, 0.29) is 23.2 Å².